The SMILES string of the molecule is CC(C#N)Oc1ccc(CNC(C)(C)C)cc1F. The molecule has 0 saturated heterocycles. The van der Waals surface area contributed by atoms with Gasteiger partial charge in [-0.05, 0) is 45.4 Å². The molecule has 1 unspecified atom stereocenters. The van der Waals surface area contributed by atoms with Crippen LogP contribution in [0, 0.1) is 17.1 Å². The van der Waals surface area contributed by atoms with Crippen LogP contribution in [0.25, 0.3) is 0 Å². The minimum absolute atomic E-state index is 0.0129. The lowest BCUT2D eigenvalue weighted by atomic mass is 10.1. The normalized spacial score (nSPS) is 12.9. The van der Waals surface area contributed by atoms with Gasteiger partial charge in [-0.25, -0.2) is 4.39 Å². The largest absolute Gasteiger partial charge is 0.473 e. The number of nitrogens with zero attached hydrogens (tertiary/aromatic N) is 1. The summed E-state index contributed by atoms with van der Waals surface area (Å²) in [6.45, 7) is 8.32. The molecule has 0 heterocycles. The van der Waals surface area contributed by atoms with E-state index in [2.05, 4.69) is 26.1 Å². The van der Waals surface area contributed by atoms with E-state index in [-0.39, 0.29) is 11.3 Å². The lowest BCUT2D eigenvalue weighted by Gasteiger charge is -2.20. The fourth-order valence-electron chi connectivity index (χ4n) is 1.33. The van der Waals surface area contributed by atoms with Crippen LogP contribution < -0.4 is 10.1 Å². The van der Waals surface area contributed by atoms with Crippen molar-refractivity contribution >= 4 is 0 Å². The van der Waals surface area contributed by atoms with Gasteiger partial charge in [-0.3, -0.25) is 0 Å². The van der Waals surface area contributed by atoms with Crippen LogP contribution in [-0.4, -0.2) is 11.6 Å². The van der Waals surface area contributed by atoms with Gasteiger partial charge in [0.25, 0.3) is 0 Å². The minimum Gasteiger partial charge on any atom is -0.473 e. The first-order chi connectivity index (χ1) is 8.31. The molecule has 18 heavy (non-hydrogen) atoms. The van der Waals surface area contributed by atoms with E-state index in [0.717, 1.165) is 5.56 Å². The highest BCUT2D eigenvalue weighted by atomic mass is 19.1. The molecule has 1 N–H and O–H groups in total. The van der Waals surface area contributed by atoms with Gasteiger partial charge in [0.1, 0.15) is 6.07 Å². The van der Waals surface area contributed by atoms with Crippen molar-refractivity contribution in [2.75, 3.05) is 0 Å². The Morgan fingerprint density at radius 3 is 2.61 bits per heavy atom. The summed E-state index contributed by atoms with van der Waals surface area (Å²) in [6, 6.07) is 6.68. The summed E-state index contributed by atoms with van der Waals surface area (Å²) < 4.78 is 18.8. The second-order valence-corrected chi connectivity index (χ2v) is 5.26. The van der Waals surface area contributed by atoms with Crippen LogP contribution in [0.1, 0.15) is 33.3 Å². The van der Waals surface area contributed by atoms with Crippen molar-refractivity contribution in [3.8, 4) is 11.8 Å². The predicted molar refractivity (Wildman–Crippen MR) is 68.7 cm³/mol. The predicted octanol–water partition coefficient (Wildman–Crippen LogP) is 3.00. The molecule has 0 saturated carbocycles. The van der Waals surface area contributed by atoms with Gasteiger partial charge in [-0.15, -0.1) is 0 Å². The summed E-state index contributed by atoms with van der Waals surface area (Å²) in [5, 5.41) is 11.9. The molecule has 0 aliphatic carbocycles. The summed E-state index contributed by atoms with van der Waals surface area (Å²) in [5.41, 5.74) is 0.834. The Morgan fingerprint density at radius 1 is 1.44 bits per heavy atom. The molecule has 4 heteroatoms. The van der Waals surface area contributed by atoms with E-state index in [1.165, 1.54) is 6.07 Å². The number of ether oxygens (including phenoxy) is 1. The lowest BCUT2D eigenvalue weighted by Crippen LogP contribution is -2.35. The highest BCUT2D eigenvalue weighted by molar-refractivity contribution is 5.30. The summed E-state index contributed by atoms with van der Waals surface area (Å²) in [4.78, 5) is 0. The van der Waals surface area contributed by atoms with Crippen molar-refractivity contribution in [2.45, 2.75) is 45.9 Å². The molecule has 3 nitrogen and oxygen atoms in total. The maximum Gasteiger partial charge on any atom is 0.181 e. The Labute approximate surface area is 108 Å². The quantitative estimate of drug-likeness (QED) is 0.893. The maximum absolute atomic E-state index is 13.7. The zero-order valence-electron chi connectivity index (χ0n) is 11.2. The molecule has 0 aliphatic heterocycles. The number of hydrogen-bond acceptors (Lipinski definition) is 3. The number of rotatable bonds is 4. The van der Waals surface area contributed by atoms with Gasteiger partial charge in [0.15, 0.2) is 17.7 Å². The maximum atomic E-state index is 13.7. The molecule has 1 aromatic rings. The van der Waals surface area contributed by atoms with E-state index in [1.54, 1.807) is 19.1 Å². The number of nitriles is 1. The number of nitrogens with one attached hydrogen (secondary N) is 1. The fraction of sp³-hybridized carbons (Fsp3) is 0.500. The zero-order valence-corrected chi connectivity index (χ0v) is 11.2. The van der Waals surface area contributed by atoms with E-state index in [1.807, 2.05) is 6.07 Å². The van der Waals surface area contributed by atoms with Gasteiger partial charge in [-0.1, -0.05) is 6.07 Å². The van der Waals surface area contributed by atoms with Crippen molar-refractivity contribution < 1.29 is 9.13 Å². The van der Waals surface area contributed by atoms with Crippen molar-refractivity contribution in [1.82, 2.24) is 5.32 Å². The van der Waals surface area contributed by atoms with Gasteiger partial charge in [0, 0.05) is 12.1 Å². The van der Waals surface area contributed by atoms with Gasteiger partial charge >= 0.3 is 0 Å². The molecule has 0 radical (unpaired) electrons. The van der Waals surface area contributed by atoms with E-state index in [4.69, 9.17) is 10.00 Å². The van der Waals surface area contributed by atoms with E-state index >= 15 is 0 Å². The Balaban J connectivity index is 2.71. The summed E-state index contributed by atoms with van der Waals surface area (Å²) >= 11 is 0. The second kappa shape index (κ2) is 5.83. The van der Waals surface area contributed by atoms with Gasteiger partial charge in [-0.2, -0.15) is 5.26 Å². The van der Waals surface area contributed by atoms with E-state index < -0.39 is 11.9 Å². The number of halogens is 1. The van der Waals surface area contributed by atoms with Crippen LogP contribution in [0.4, 0.5) is 4.39 Å². The highest BCUT2D eigenvalue weighted by Gasteiger charge is 2.11. The Bertz CT molecular complexity index is 446. The summed E-state index contributed by atoms with van der Waals surface area (Å²) in [5.74, 6) is -0.325. The van der Waals surface area contributed by atoms with Crippen LogP contribution in [0.5, 0.6) is 5.75 Å². The Morgan fingerprint density at radius 2 is 2.11 bits per heavy atom. The summed E-state index contributed by atoms with van der Waals surface area (Å²) in [7, 11) is 0. The molecule has 1 atom stereocenters. The lowest BCUT2D eigenvalue weighted by molar-refractivity contribution is 0.263. The number of benzene rings is 1. The second-order valence-electron chi connectivity index (χ2n) is 5.26. The van der Waals surface area contributed by atoms with E-state index in [0.29, 0.717) is 6.54 Å². The molecule has 0 fully saturated rings. The van der Waals surface area contributed by atoms with Gasteiger partial charge in [0.2, 0.25) is 0 Å². The van der Waals surface area contributed by atoms with Crippen molar-refractivity contribution in [1.29, 1.82) is 5.26 Å². The third-order valence-electron chi connectivity index (χ3n) is 2.30. The van der Waals surface area contributed by atoms with Crippen molar-refractivity contribution in [2.24, 2.45) is 0 Å². The number of hydrogen-bond donors (Lipinski definition) is 1. The molecule has 0 bridgehead atoms. The Hall–Kier alpha value is -1.60. The molecule has 0 aliphatic rings. The highest BCUT2D eigenvalue weighted by Crippen LogP contribution is 2.19. The topological polar surface area (TPSA) is 45.0 Å². The molecule has 1 rings (SSSR count). The zero-order chi connectivity index (χ0) is 13.8. The first-order valence-electron chi connectivity index (χ1n) is 5.91. The molecular formula is C14H19FN2O. The third kappa shape index (κ3) is 4.72. The van der Waals surface area contributed by atoms with E-state index in [9.17, 15) is 4.39 Å². The molecule has 0 spiro atoms. The first-order valence-corrected chi connectivity index (χ1v) is 5.91. The molecule has 98 valence electrons. The minimum atomic E-state index is -0.655. The van der Waals surface area contributed by atoms with Crippen molar-refractivity contribution in [3.05, 3.63) is 29.6 Å². The van der Waals surface area contributed by atoms with Gasteiger partial charge in [0.05, 0.1) is 0 Å². The first kappa shape index (κ1) is 14.5. The smallest absolute Gasteiger partial charge is 0.181 e. The van der Waals surface area contributed by atoms with Crippen molar-refractivity contribution in [3.63, 3.8) is 0 Å². The average Bonchev–Trinajstić information content (AvgIpc) is 2.28. The van der Waals surface area contributed by atoms with Gasteiger partial charge < -0.3 is 10.1 Å². The molecule has 1 aromatic carbocycles. The van der Waals surface area contributed by atoms with Crippen LogP contribution in [-0.2, 0) is 6.54 Å². The molecular weight excluding hydrogens is 231 g/mol. The van der Waals surface area contributed by atoms with Crippen LogP contribution in [0.15, 0.2) is 18.2 Å². The fourth-order valence-corrected chi connectivity index (χ4v) is 1.33. The van der Waals surface area contributed by atoms with Crippen LogP contribution in [0.3, 0.4) is 0 Å². The van der Waals surface area contributed by atoms with Crippen LogP contribution in [0.2, 0.25) is 0 Å². The summed E-state index contributed by atoms with van der Waals surface area (Å²) in [6.07, 6.45) is -0.655. The Kier molecular flexibility index (Phi) is 4.69. The standard InChI is InChI=1S/C14H19FN2O/c1-10(8-16)18-13-6-5-11(7-12(13)15)9-17-14(2,3)4/h5-7,10,17H,9H2,1-4H3. The monoisotopic (exact) mass is 250 g/mol. The average molecular weight is 250 g/mol. The van der Waals surface area contributed by atoms with Crippen LogP contribution >= 0.6 is 0 Å². The molecule has 0 amide bonds. The molecule has 0 aromatic heterocycles. The third-order valence-corrected chi connectivity index (χ3v) is 2.30.